The van der Waals surface area contributed by atoms with Crippen molar-refractivity contribution in [2.45, 2.75) is 20.0 Å². The molecule has 2 aromatic carbocycles. The van der Waals surface area contributed by atoms with Gasteiger partial charge in [-0.15, -0.1) is 0 Å². The number of thioether (sulfide) groups is 1. The third-order valence-electron chi connectivity index (χ3n) is 4.53. The van der Waals surface area contributed by atoms with E-state index in [1.165, 1.54) is 12.1 Å². The van der Waals surface area contributed by atoms with Crippen LogP contribution < -0.4 is 14.8 Å². The smallest absolute Gasteiger partial charge is 0.416 e. The molecule has 34 heavy (non-hydrogen) atoms. The molecule has 0 radical (unpaired) electrons. The third-order valence-corrected chi connectivity index (χ3v) is 5.44. The van der Waals surface area contributed by atoms with Gasteiger partial charge in [0.05, 0.1) is 23.7 Å². The predicted octanol–water partition coefficient (Wildman–Crippen LogP) is 5.18. The first kappa shape index (κ1) is 25.2. The maximum Gasteiger partial charge on any atom is 0.416 e. The Morgan fingerprint density at radius 1 is 1.09 bits per heavy atom. The zero-order valence-electron chi connectivity index (χ0n) is 18.3. The zero-order chi connectivity index (χ0) is 24.9. The normalized spacial score (nSPS) is 15.1. The molecule has 3 amide bonds. The van der Waals surface area contributed by atoms with Gasteiger partial charge in [0.15, 0.2) is 0 Å². The molecule has 3 rings (SSSR count). The van der Waals surface area contributed by atoms with E-state index in [-0.39, 0.29) is 10.6 Å². The minimum Gasteiger partial charge on any atom is -0.494 e. The Balaban J connectivity index is 1.74. The molecule has 0 spiro atoms. The first-order chi connectivity index (χ1) is 16.1. The van der Waals surface area contributed by atoms with E-state index in [9.17, 15) is 27.6 Å². The van der Waals surface area contributed by atoms with Gasteiger partial charge in [0.2, 0.25) is 5.91 Å². The fourth-order valence-electron chi connectivity index (χ4n) is 3.07. The highest BCUT2D eigenvalue weighted by Crippen LogP contribution is 2.35. The van der Waals surface area contributed by atoms with Gasteiger partial charge < -0.3 is 14.8 Å². The number of anilines is 1. The fraction of sp³-hybridized carbons (Fsp3) is 0.261. The Morgan fingerprint density at radius 3 is 2.50 bits per heavy atom. The summed E-state index contributed by atoms with van der Waals surface area (Å²) in [6, 6.07) is 9.12. The maximum atomic E-state index is 12.9. The minimum absolute atomic E-state index is 0.0852. The van der Waals surface area contributed by atoms with E-state index in [0.29, 0.717) is 42.0 Å². The molecule has 1 N–H and O–H groups in total. The van der Waals surface area contributed by atoms with E-state index in [1.807, 2.05) is 6.92 Å². The number of ether oxygens (including phenoxy) is 2. The van der Waals surface area contributed by atoms with Crippen molar-refractivity contribution in [2.24, 2.45) is 0 Å². The van der Waals surface area contributed by atoms with Crippen molar-refractivity contribution in [3.05, 3.63) is 58.5 Å². The number of amides is 3. The van der Waals surface area contributed by atoms with E-state index in [4.69, 9.17) is 9.47 Å². The molecule has 2 aromatic rings. The quantitative estimate of drug-likeness (QED) is 0.509. The predicted molar refractivity (Wildman–Crippen MR) is 122 cm³/mol. The van der Waals surface area contributed by atoms with Gasteiger partial charge in [-0.2, -0.15) is 13.2 Å². The molecule has 1 aliphatic heterocycles. The van der Waals surface area contributed by atoms with Gasteiger partial charge in [-0.1, -0.05) is 6.07 Å². The highest BCUT2D eigenvalue weighted by atomic mass is 32.2. The van der Waals surface area contributed by atoms with Crippen molar-refractivity contribution < 1.29 is 37.0 Å². The second-order valence-corrected chi connectivity index (χ2v) is 7.95. The molecule has 7 nitrogen and oxygen atoms in total. The Labute approximate surface area is 197 Å². The number of benzene rings is 2. The number of carbonyl (C=O) groups excluding carboxylic acids is 3. The van der Waals surface area contributed by atoms with Gasteiger partial charge in [-0.3, -0.25) is 19.3 Å². The van der Waals surface area contributed by atoms with Crippen molar-refractivity contribution in [2.75, 3.05) is 25.1 Å². The topological polar surface area (TPSA) is 84.9 Å². The summed E-state index contributed by atoms with van der Waals surface area (Å²) in [6.45, 7) is 3.83. The fourth-order valence-corrected chi connectivity index (χ4v) is 3.89. The summed E-state index contributed by atoms with van der Waals surface area (Å²) in [4.78, 5) is 38.2. The van der Waals surface area contributed by atoms with Crippen molar-refractivity contribution >= 4 is 40.6 Å². The second kappa shape index (κ2) is 10.6. The van der Waals surface area contributed by atoms with E-state index >= 15 is 0 Å². The molecular weight excluding hydrogens is 473 g/mol. The Morgan fingerprint density at radius 2 is 1.82 bits per heavy atom. The number of imide groups is 1. The van der Waals surface area contributed by atoms with E-state index in [1.54, 1.807) is 25.1 Å². The molecule has 0 saturated carbocycles. The van der Waals surface area contributed by atoms with Crippen LogP contribution >= 0.6 is 11.8 Å². The monoisotopic (exact) mass is 494 g/mol. The summed E-state index contributed by atoms with van der Waals surface area (Å²) in [5.74, 6) is -0.450. The van der Waals surface area contributed by atoms with Crippen molar-refractivity contribution in [3.8, 4) is 11.5 Å². The largest absolute Gasteiger partial charge is 0.494 e. The second-order valence-electron chi connectivity index (χ2n) is 6.96. The number of hydrogen-bond acceptors (Lipinski definition) is 6. The lowest BCUT2D eigenvalue weighted by Crippen LogP contribution is -2.36. The average molecular weight is 494 g/mol. The zero-order valence-corrected chi connectivity index (χ0v) is 19.1. The van der Waals surface area contributed by atoms with E-state index < -0.39 is 35.3 Å². The number of nitrogens with one attached hydrogen (secondary N) is 1. The van der Waals surface area contributed by atoms with Crippen LogP contribution in [0.4, 0.5) is 23.7 Å². The van der Waals surface area contributed by atoms with Gasteiger partial charge in [0, 0.05) is 17.3 Å². The summed E-state index contributed by atoms with van der Waals surface area (Å²) in [6.07, 6.45) is -3.09. The number of rotatable bonds is 8. The molecule has 0 bridgehead atoms. The Kier molecular flexibility index (Phi) is 7.87. The molecule has 0 aromatic heterocycles. The van der Waals surface area contributed by atoms with Crippen molar-refractivity contribution in [1.29, 1.82) is 0 Å². The number of nitrogens with zero attached hydrogens (tertiary/aromatic N) is 1. The van der Waals surface area contributed by atoms with Gasteiger partial charge >= 0.3 is 6.18 Å². The molecule has 1 aliphatic rings. The minimum atomic E-state index is -4.57. The SMILES string of the molecule is CCOc1ccc(/C=C2\SC(=O)N(CC(=O)Nc3cccc(C(F)(F)F)c3)C2=O)c(OCC)c1. The summed E-state index contributed by atoms with van der Waals surface area (Å²) < 4.78 is 49.6. The van der Waals surface area contributed by atoms with Crippen LogP contribution in [0.5, 0.6) is 11.5 Å². The van der Waals surface area contributed by atoms with Crippen LogP contribution in [0, 0.1) is 0 Å². The lowest BCUT2D eigenvalue weighted by molar-refractivity contribution is -0.137. The summed E-state index contributed by atoms with van der Waals surface area (Å²) in [5, 5.41) is 1.62. The summed E-state index contributed by atoms with van der Waals surface area (Å²) in [5.41, 5.74) is -0.484. The molecule has 1 fully saturated rings. The lowest BCUT2D eigenvalue weighted by Gasteiger charge is -2.13. The standard InChI is InChI=1S/C23H21F3N2O5S/c1-3-32-17-9-8-14(18(12-17)33-4-2)10-19-21(30)28(22(31)34-19)13-20(29)27-16-7-5-6-15(11-16)23(24,25)26/h5-12H,3-4,13H2,1-2H3,(H,27,29)/b19-10-. The summed E-state index contributed by atoms with van der Waals surface area (Å²) >= 11 is 0.655. The Bertz CT molecular complexity index is 1130. The van der Waals surface area contributed by atoms with Crippen molar-refractivity contribution in [3.63, 3.8) is 0 Å². The first-order valence-corrected chi connectivity index (χ1v) is 11.1. The molecule has 0 unspecified atom stereocenters. The van der Waals surface area contributed by atoms with E-state index in [0.717, 1.165) is 23.1 Å². The van der Waals surface area contributed by atoms with Crippen LogP contribution in [-0.4, -0.2) is 41.7 Å². The number of hydrogen-bond donors (Lipinski definition) is 1. The number of alkyl halides is 3. The van der Waals surface area contributed by atoms with Crippen LogP contribution in [-0.2, 0) is 15.8 Å². The van der Waals surface area contributed by atoms with Crippen molar-refractivity contribution in [1.82, 2.24) is 4.90 Å². The van der Waals surface area contributed by atoms with Crippen LogP contribution in [0.25, 0.3) is 6.08 Å². The van der Waals surface area contributed by atoms with Gasteiger partial charge in [0.1, 0.15) is 18.0 Å². The van der Waals surface area contributed by atoms with Crippen LogP contribution in [0.2, 0.25) is 0 Å². The number of halogens is 3. The molecule has 180 valence electrons. The van der Waals surface area contributed by atoms with E-state index in [2.05, 4.69) is 5.32 Å². The molecule has 1 saturated heterocycles. The highest BCUT2D eigenvalue weighted by molar-refractivity contribution is 8.18. The van der Waals surface area contributed by atoms with Crippen LogP contribution in [0.15, 0.2) is 47.4 Å². The van der Waals surface area contributed by atoms with Crippen LogP contribution in [0.1, 0.15) is 25.0 Å². The summed E-state index contributed by atoms with van der Waals surface area (Å²) in [7, 11) is 0. The maximum absolute atomic E-state index is 12.9. The first-order valence-electron chi connectivity index (χ1n) is 10.2. The van der Waals surface area contributed by atoms with Gasteiger partial charge in [-0.05, 0) is 62.0 Å². The molecular formula is C23H21F3N2O5S. The Hall–Kier alpha value is -3.47. The highest BCUT2D eigenvalue weighted by Gasteiger charge is 2.36. The lowest BCUT2D eigenvalue weighted by atomic mass is 10.1. The number of carbonyl (C=O) groups is 3. The van der Waals surface area contributed by atoms with Gasteiger partial charge in [0.25, 0.3) is 11.1 Å². The average Bonchev–Trinajstić information content (AvgIpc) is 3.03. The molecule has 11 heteroatoms. The van der Waals surface area contributed by atoms with Gasteiger partial charge in [-0.25, -0.2) is 0 Å². The molecule has 0 atom stereocenters. The van der Waals surface area contributed by atoms with Crippen LogP contribution in [0.3, 0.4) is 0 Å². The third kappa shape index (κ3) is 6.10. The molecule has 1 heterocycles. The molecule has 0 aliphatic carbocycles.